The second kappa shape index (κ2) is 7.42. The van der Waals surface area contributed by atoms with Crippen molar-refractivity contribution < 1.29 is 9.53 Å². The Balaban J connectivity index is 1.72. The van der Waals surface area contributed by atoms with Gasteiger partial charge in [0.1, 0.15) is 5.69 Å². The van der Waals surface area contributed by atoms with Crippen molar-refractivity contribution in [3.8, 4) is 0 Å². The Morgan fingerprint density at radius 3 is 3.04 bits per heavy atom. The van der Waals surface area contributed by atoms with Gasteiger partial charge in [0.25, 0.3) is 5.91 Å². The number of hydrogen-bond acceptors (Lipinski definition) is 6. The smallest absolute Gasteiger partial charge is 0.255 e. The number of amides is 1. The van der Waals surface area contributed by atoms with E-state index < -0.39 is 0 Å². The van der Waals surface area contributed by atoms with Gasteiger partial charge in [-0.2, -0.15) is 11.3 Å². The molecule has 0 radical (unpaired) electrons. The highest BCUT2D eigenvalue weighted by Crippen LogP contribution is 2.28. The molecule has 0 bridgehead atoms. The Morgan fingerprint density at radius 1 is 1.50 bits per heavy atom. The van der Waals surface area contributed by atoms with Crippen LogP contribution in [0.4, 0.5) is 0 Å². The van der Waals surface area contributed by atoms with Crippen LogP contribution < -0.4 is 0 Å². The number of carbonyl (C=O) groups is 1. The van der Waals surface area contributed by atoms with Crippen LogP contribution in [-0.4, -0.2) is 71.1 Å². The molecule has 8 heteroatoms. The summed E-state index contributed by atoms with van der Waals surface area (Å²) in [5.41, 5.74) is 2.68. The molecule has 0 aliphatic carbocycles. The fourth-order valence-corrected chi connectivity index (χ4v) is 3.58. The lowest BCUT2D eigenvalue weighted by atomic mass is 9.98. The lowest BCUT2D eigenvalue weighted by molar-refractivity contribution is 0.0614. The lowest BCUT2D eigenvalue weighted by Gasteiger charge is -2.32. The summed E-state index contributed by atoms with van der Waals surface area (Å²) in [6.45, 7) is 3.25. The van der Waals surface area contributed by atoms with E-state index >= 15 is 0 Å². The van der Waals surface area contributed by atoms with Crippen LogP contribution in [-0.2, 0) is 18.3 Å². The van der Waals surface area contributed by atoms with Crippen molar-refractivity contribution in [1.29, 1.82) is 0 Å². The number of hydrogen-bond donors (Lipinski definition) is 0. The van der Waals surface area contributed by atoms with Crippen molar-refractivity contribution in [1.82, 2.24) is 24.8 Å². The van der Waals surface area contributed by atoms with E-state index in [9.17, 15) is 4.79 Å². The zero-order chi connectivity index (χ0) is 17.1. The van der Waals surface area contributed by atoms with Crippen LogP contribution in [0.2, 0.25) is 0 Å². The Bertz CT molecular complexity index is 683. The van der Waals surface area contributed by atoms with Gasteiger partial charge in [0.2, 0.25) is 0 Å². The quantitative estimate of drug-likeness (QED) is 0.733. The van der Waals surface area contributed by atoms with E-state index in [1.54, 1.807) is 0 Å². The number of thiophene rings is 1. The van der Waals surface area contributed by atoms with Gasteiger partial charge in [0.15, 0.2) is 0 Å². The van der Waals surface area contributed by atoms with Crippen LogP contribution in [0.25, 0.3) is 0 Å². The first kappa shape index (κ1) is 17.1. The molecule has 24 heavy (non-hydrogen) atoms. The Hall–Kier alpha value is -1.77. The summed E-state index contributed by atoms with van der Waals surface area (Å²) in [5.74, 6) is 0.143. The third kappa shape index (κ3) is 3.66. The highest BCUT2D eigenvalue weighted by atomic mass is 32.1. The second-order valence-electron chi connectivity index (χ2n) is 6.32. The molecule has 0 fully saturated rings. The summed E-state index contributed by atoms with van der Waals surface area (Å²) in [7, 11) is 5.94. The average Bonchev–Trinajstić information content (AvgIpc) is 3.21. The summed E-state index contributed by atoms with van der Waals surface area (Å²) in [6, 6.07) is 1.86. The molecule has 1 amide bonds. The molecule has 3 heterocycles. The molecule has 0 saturated heterocycles. The Labute approximate surface area is 145 Å². The number of fused-ring (bicyclic) bond motifs is 1. The van der Waals surface area contributed by atoms with Crippen LogP contribution in [0.3, 0.4) is 0 Å². The summed E-state index contributed by atoms with van der Waals surface area (Å²) < 4.78 is 7.64. The van der Waals surface area contributed by atoms with E-state index in [-0.39, 0.29) is 11.8 Å². The van der Waals surface area contributed by atoms with Gasteiger partial charge in [-0.15, -0.1) is 5.10 Å². The Morgan fingerprint density at radius 2 is 2.33 bits per heavy atom. The van der Waals surface area contributed by atoms with Crippen molar-refractivity contribution in [2.24, 2.45) is 7.05 Å². The molecule has 3 rings (SSSR count). The van der Waals surface area contributed by atoms with Crippen LogP contribution in [0.1, 0.15) is 27.7 Å². The van der Waals surface area contributed by atoms with Crippen molar-refractivity contribution in [2.75, 3.05) is 40.4 Å². The first-order valence-electron chi connectivity index (χ1n) is 7.98. The van der Waals surface area contributed by atoms with Crippen molar-refractivity contribution in [2.45, 2.75) is 12.5 Å². The summed E-state index contributed by atoms with van der Waals surface area (Å²) in [4.78, 5) is 16.6. The highest BCUT2D eigenvalue weighted by molar-refractivity contribution is 7.08. The maximum Gasteiger partial charge on any atom is 0.255 e. The number of likely N-dealkylation sites (N-methyl/N-ethyl adjacent to an activating group) is 1. The molecule has 2 aromatic rings. The minimum atomic E-state index is 0.0471. The standard InChI is InChI=1S/C16H23N5O2S/c1-19(2)5-6-23-10-13-8-21(16(22)12-4-7-24-11-12)9-14-15(13)20(3)18-17-14/h4,7,11,13H,5-6,8-10H2,1-3H3/t13-/m1/s1. The van der Waals surface area contributed by atoms with Gasteiger partial charge < -0.3 is 14.5 Å². The van der Waals surface area contributed by atoms with Gasteiger partial charge in [-0.25, -0.2) is 0 Å². The highest BCUT2D eigenvalue weighted by Gasteiger charge is 2.32. The molecule has 7 nitrogen and oxygen atoms in total. The SMILES string of the molecule is CN(C)CCOC[C@H]1CN(C(=O)c2ccsc2)Cc2nnn(C)c21. The zero-order valence-electron chi connectivity index (χ0n) is 14.3. The van der Waals surface area contributed by atoms with Crippen LogP contribution in [0.5, 0.6) is 0 Å². The first-order valence-corrected chi connectivity index (χ1v) is 8.93. The van der Waals surface area contributed by atoms with Crippen molar-refractivity contribution >= 4 is 17.2 Å². The molecule has 0 saturated carbocycles. The number of aryl methyl sites for hydroxylation is 1. The molecular formula is C16H23N5O2S. The monoisotopic (exact) mass is 349 g/mol. The normalized spacial score (nSPS) is 17.3. The third-order valence-electron chi connectivity index (χ3n) is 4.17. The average molecular weight is 349 g/mol. The molecule has 0 aromatic carbocycles. The second-order valence-corrected chi connectivity index (χ2v) is 7.10. The van der Waals surface area contributed by atoms with Gasteiger partial charge in [0.05, 0.1) is 31.0 Å². The van der Waals surface area contributed by atoms with Gasteiger partial charge >= 0.3 is 0 Å². The zero-order valence-corrected chi connectivity index (χ0v) is 15.1. The maximum atomic E-state index is 12.7. The predicted octanol–water partition coefficient (Wildman–Crippen LogP) is 1.19. The van der Waals surface area contributed by atoms with Crippen LogP contribution in [0.15, 0.2) is 16.8 Å². The predicted molar refractivity (Wildman–Crippen MR) is 92.2 cm³/mol. The first-order chi connectivity index (χ1) is 11.6. The molecular weight excluding hydrogens is 326 g/mol. The molecule has 0 unspecified atom stereocenters. The van der Waals surface area contributed by atoms with Gasteiger partial charge in [-0.1, -0.05) is 5.21 Å². The van der Waals surface area contributed by atoms with E-state index in [0.29, 0.717) is 26.3 Å². The summed E-state index contributed by atoms with van der Waals surface area (Å²) in [5, 5.41) is 12.2. The molecule has 130 valence electrons. The minimum absolute atomic E-state index is 0.0471. The largest absolute Gasteiger partial charge is 0.379 e. The number of aromatic nitrogens is 3. The molecule has 0 N–H and O–H groups in total. The molecule has 2 aromatic heterocycles. The van der Waals surface area contributed by atoms with Crippen LogP contribution >= 0.6 is 11.3 Å². The van der Waals surface area contributed by atoms with E-state index in [1.165, 1.54) is 11.3 Å². The fourth-order valence-electron chi connectivity index (χ4n) is 2.95. The van der Waals surface area contributed by atoms with E-state index in [2.05, 4.69) is 15.2 Å². The molecule has 1 aliphatic rings. The van der Waals surface area contributed by atoms with E-state index in [0.717, 1.165) is 23.5 Å². The van der Waals surface area contributed by atoms with E-state index in [4.69, 9.17) is 4.74 Å². The van der Waals surface area contributed by atoms with Gasteiger partial charge in [-0.3, -0.25) is 9.48 Å². The summed E-state index contributed by atoms with van der Waals surface area (Å²) >= 11 is 1.53. The maximum absolute atomic E-state index is 12.7. The lowest BCUT2D eigenvalue weighted by Crippen LogP contribution is -2.40. The third-order valence-corrected chi connectivity index (χ3v) is 4.85. The van der Waals surface area contributed by atoms with Gasteiger partial charge in [0, 0.05) is 31.4 Å². The number of carbonyl (C=O) groups excluding carboxylic acids is 1. The minimum Gasteiger partial charge on any atom is -0.379 e. The number of rotatable bonds is 6. The number of nitrogens with zero attached hydrogens (tertiary/aromatic N) is 5. The van der Waals surface area contributed by atoms with Crippen molar-refractivity contribution in [3.05, 3.63) is 33.8 Å². The Kier molecular flexibility index (Phi) is 5.27. The number of ether oxygens (including phenoxy) is 1. The van der Waals surface area contributed by atoms with Crippen molar-refractivity contribution in [3.63, 3.8) is 0 Å². The molecule has 0 spiro atoms. The summed E-state index contributed by atoms with van der Waals surface area (Å²) in [6.07, 6.45) is 0. The van der Waals surface area contributed by atoms with Gasteiger partial charge in [-0.05, 0) is 25.5 Å². The van der Waals surface area contributed by atoms with E-state index in [1.807, 2.05) is 47.6 Å². The molecule has 1 atom stereocenters. The van der Waals surface area contributed by atoms with Crippen LogP contribution in [0, 0.1) is 0 Å². The topological polar surface area (TPSA) is 63.5 Å². The fraction of sp³-hybridized carbons (Fsp3) is 0.562. The molecule has 1 aliphatic heterocycles.